The van der Waals surface area contributed by atoms with Crippen LogP contribution in [-0.2, 0) is 43.2 Å². The lowest BCUT2D eigenvalue weighted by Gasteiger charge is -2.25. The molecule has 0 aliphatic carbocycles. The van der Waals surface area contributed by atoms with E-state index in [-0.39, 0.29) is 32.1 Å². The van der Waals surface area contributed by atoms with Crippen molar-refractivity contribution < 1.29 is 29.1 Å². The summed E-state index contributed by atoms with van der Waals surface area (Å²) in [5, 5.41) is 18.2. The fourth-order valence-corrected chi connectivity index (χ4v) is 4.65. The van der Waals surface area contributed by atoms with Crippen LogP contribution in [0.2, 0.25) is 0 Å². The number of nitrogens with one attached hydrogen (secondary N) is 6. The Morgan fingerprint density at radius 1 is 0.795 bits per heavy atom. The molecule has 0 bridgehead atoms. The van der Waals surface area contributed by atoms with Gasteiger partial charge in [-0.05, 0) is 18.1 Å². The number of H-pyrrole nitrogens is 3. The molecule has 16 heteroatoms. The van der Waals surface area contributed by atoms with Gasteiger partial charge in [0.15, 0.2) is 0 Å². The molecule has 0 fully saturated rings. The van der Waals surface area contributed by atoms with Crippen molar-refractivity contribution in [2.24, 2.45) is 11.5 Å². The van der Waals surface area contributed by atoms with Gasteiger partial charge in [-0.25, -0.2) is 14.8 Å². The van der Waals surface area contributed by atoms with Crippen LogP contribution in [-0.4, -0.2) is 83.8 Å². The van der Waals surface area contributed by atoms with Crippen LogP contribution in [0.25, 0.3) is 10.9 Å². The van der Waals surface area contributed by atoms with Crippen LogP contribution < -0.4 is 27.4 Å². The third kappa shape index (κ3) is 8.51. The molecular formula is C28H34N10O6. The van der Waals surface area contributed by atoms with Crippen molar-refractivity contribution in [3.63, 3.8) is 0 Å². The summed E-state index contributed by atoms with van der Waals surface area (Å²) >= 11 is 0. The lowest BCUT2D eigenvalue weighted by Crippen LogP contribution is -2.58. The molecule has 0 saturated carbocycles. The first-order valence-electron chi connectivity index (χ1n) is 13.8. The predicted octanol–water partition coefficient (Wildman–Crippen LogP) is -1.23. The van der Waals surface area contributed by atoms with E-state index in [1.54, 1.807) is 6.20 Å². The van der Waals surface area contributed by atoms with Crippen molar-refractivity contribution >= 4 is 40.5 Å². The average Bonchev–Trinajstić information content (AvgIpc) is 3.77. The molecule has 3 heterocycles. The molecule has 4 atom stereocenters. The van der Waals surface area contributed by atoms with E-state index in [0.717, 1.165) is 10.9 Å². The maximum Gasteiger partial charge on any atom is 0.326 e. The highest BCUT2D eigenvalue weighted by atomic mass is 16.4. The van der Waals surface area contributed by atoms with Crippen molar-refractivity contribution in [2.45, 2.75) is 56.3 Å². The molecule has 0 aliphatic heterocycles. The molecular weight excluding hydrogens is 572 g/mol. The van der Waals surface area contributed by atoms with Crippen LogP contribution in [0, 0.1) is 0 Å². The van der Waals surface area contributed by atoms with E-state index in [1.807, 2.05) is 24.3 Å². The number of para-hydroxylation sites is 1. The number of nitrogens with two attached hydrogens (primary N) is 2. The minimum absolute atomic E-state index is 0.00780. The second-order valence-electron chi connectivity index (χ2n) is 10.3. The van der Waals surface area contributed by atoms with E-state index in [4.69, 9.17) is 11.5 Å². The molecule has 11 N–H and O–H groups in total. The Balaban J connectivity index is 1.56. The zero-order valence-corrected chi connectivity index (χ0v) is 23.6. The van der Waals surface area contributed by atoms with E-state index in [1.165, 1.54) is 25.0 Å². The summed E-state index contributed by atoms with van der Waals surface area (Å²) in [6.45, 7) is 0. The Kier molecular flexibility index (Phi) is 10.4. The minimum atomic E-state index is -1.43. The van der Waals surface area contributed by atoms with Gasteiger partial charge in [-0.2, -0.15) is 0 Å². The van der Waals surface area contributed by atoms with Crippen LogP contribution in [0.15, 0.2) is 55.5 Å². The maximum atomic E-state index is 13.7. The second kappa shape index (κ2) is 14.6. The highest BCUT2D eigenvalue weighted by Gasteiger charge is 2.31. The third-order valence-corrected chi connectivity index (χ3v) is 6.97. The molecule has 1 aromatic carbocycles. The van der Waals surface area contributed by atoms with Gasteiger partial charge >= 0.3 is 5.97 Å². The Morgan fingerprint density at radius 2 is 1.39 bits per heavy atom. The first-order chi connectivity index (χ1) is 21.1. The largest absolute Gasteiger partial charge is 0.480 e. The van der Waals surface area contributed by atoms with Crippen LogP contribution in [0.1, 0.15) is 29.8 Å². The number of imidazole rings is 2. The number of hydrogen-bond donors (Lipinski definition) is 9. The maximum absolute atomic E-state index is 13.7. The van der Waals surface area contributed by atoms with Gasteiger partial charge in [0.05, 0.1) is 18.7 Å². The number of amides is 4. The number of aromatic amines is 3. The number of carbonyl (C=O) groups excluding carboxylic acids is 4. The van der Waals surface area contributed by atoms with E-state index in [0.29, 0.717) is 17.0 Å². The molecule has 0 saturated heterocycles. The molecule has 44 heavy (non-hydrogen) atoms. The molecule has 4 amide bonds. The Hall–Kier alpha value is -5.51. The average molecular weight is 607 g/mol. The lowest BCUT2D eigenvalue weighted by molar-refractivity contribution is -0.142. The normalized spacial score (nSPS) is 13.8. The monoisotopic (exact) mass is 606 g/mol. The van der Waals surface area contributed by atoms with E-state index in [2.05, 4.69) is 40.9 Å². The van der Waals surface area contributed by atoms with Crippen molar-refractivity contribution in [1.82, 2.24) is 40.9 Å². The quantitative estimate of drug-likeness (QED) is 0.0738. The van der Waals surface area contributed by atoms with Gasteiger partial charge in [0.2, 0.25) is 23.6 Å². The number of rotatable bonds is 16. The molecule has 3 aromatic heterocycles. The molecule has 4 unspecified atom stereocenters. The van der Waals surface area contributed by atoms with Crippen molar-refractivity contribution in [3.8, 4) is 0 Å². The van der Waals surface area contributed by atoms with Gasteiger partial charge in [0, 0.05) is 66.6 Å². The number of aliphatic carboxylic acids is 1. The number of aromatic nitrogens is 5. The summed E-state index contributed by atoms with van der Waals surface area (Å²) in [6, 6.07) is 2.45. The Morgan fingerprint density at radius 3 is 2.00 bits per heavy atom. The number of fused-ring (bicyclic) bond motifs is 1. The van der Waals surface area contributed by atoms with Crippen LogP contribution in [0.3, 0.4) is 0 Å². The third-order valence-electron chi connectivity index (χ3n) is 6.97. The summed E-state index contributed by atoms with van der Waals surface area (Å²) < 4.78 is 0. The molecule has 0 spiro atoms. The summed E-state index contributed by atoms with van der Waals surface area (Å²) in [5.41, 5.74) is 13.9. The zero-order chi connectivity index (χ0) is 31.6. The zero-order valence-electron chi connectivity index (χ0n) is 23.6. The molecule has 232 valence electrons. The van der Waals surface area contributed by atoms with Crippen LogP contribution >= 0.6 is 0 Å². The van der Waals surface area contributed by atoms with Gasteiger partial charge in [0.1, 0.15) is 18.1 Å². The fourth-order valence-electron chi connectivity index (χ4n) is 4.65. The molecule has 4 aromatic rings. The summed E-state index contributed by atoms with van der Waals surface area (Å²) in [4.78, 5) is 80.0. The molecule has 0 radical (unpaired) electrons. The van der Waals surface area contributed by atoms with Crippen LogP contribution in [0.4, 0.5) is 0 Å². The Labute approximate surface area is 250 Å². The van der Waals surface area contributed by atoms with Crippen molar-refractivity contribution in [2.75, 3.05) is 0 Å². The number of benzene rings is 1. The van der Waals surface area contributed by atoms with E-state index in [9.17, 15) is 29.1 Å². The first-order valence-corrected chi connectivity index (χ1v) is 13.8. The smallest absolute Gasteiger partial charge is 0.326 e. The Bertz CT molecular complexity index is 1580. The fraction of sp³-hybridized carbons (Fsp3) is 0.321. The second-order valence-corrected chi connectivity index (χ2v) is 10.3. The topological polar surface area (TPSA) is 267 Å². The van der Waals surface area contributed by atoms with Crippen LogP contribution in [0.5, 0.6) is 0 Å². The molecule has 4 rings (SSSR count). The highest BCUT2D eigenvalue weighted by molar-refractivity contribution is 5.95. The standard InChI is InChI=1S/C28H34N10O6/c29-19(8-16-11-31-13-34-16)25(40)37-23(9-17-12-32-14-35-17)27(42)38-22(7-15-10-33-20-4-2-1-3-18(15)20)26(41)36-21(28(43)44)5-6-24(30)39/h1-4,10-14,19,21-23,33H,5-9,29H2,(H2,30,39)(H,31,34)(H,32,35)(H,36,41)(H,37,40)(H,38,42)(H,43,44). The number of nitrogens with zero attached hydrogens (tertiary/aromatic N) is 2. The van der Waals surface area contributed by atoms with Gasteiger partial charge in [-0.1, -0.05) is 18.2 Å². The van der Waals surface area contributed by atoms with E-state index < -0.39 is 53.8 Å². The van der Waals surface area contributed by atoms with Crippen molar-refractivity contribution in [1.29, 1.82) is 0 Å². The SMILES string of the molecule is NC(=O)CCC(NC(=O)C(Cc1c[nH]c2ccccc12)NC(=O)C(Cc1cnc[nH]1)NC(=O)C(N)Cc1cnc[nH]1)C(=O)O. The highest BCUT2D eigenvalue weighted by Crippen LogP contribution is 2.19. The van der Waals surface area contributed by atoms with Gasteiger partial charge in [-0.3, -0.25) is 19.2 Å². The van der Waals surface area contributed by atoms with E-state index >= 15 is 0 Å². The van der Waals surface area contributed by atoms with Gasteiger partial charge in [0.25, 0.3) is 0 Å². The first kappa shape index (κ1) is 31.4. The number of carbonyl (C=O) groups is 5. The number of hydrogen-bond acceptors (Lipinski definition) is 8. The summed E-state index contributed by atoms with van der Waals surface area (Å²) in [6.07, 6.45) is 7.18. The number of carboxylic acid groups (broad SMARTS) is 1. The van der Waals surface area contributed by atoms with Gasteiger partial charge in [-0.15, -0.1) is 0 Å². The number of carboxylic acids is 1. The predicted molar refractivity (Wildman–Crippen MR) is 156 cm³/mol. The molecule has 0 aliphatic rings. The summed E-state index contributed by atoms with van der Waals surface area (Å²) in [7, 11) is 0. The lowest BCUT2D eigenvalue weighted by atomic mass is 10.0. The van der Waals surface area contributed by atoms with Gasteiger partial charge < -0.3 is 47.5 Å². The summed E-state index contributed by atoms with van der Waals surface area (Å²) in [5.74, 6) is -4.23. The van der Waals surface area contributed by atoms with Crippen molar-refractivity contribution in [3.05, 3.63) is 72.5 Å². The number of primary amides is 1. The minimum Gasteiger partial charge on any atom is -0.480 e. The molecule has 16 nitrogen and oxygen atoms in total.